The first-order valence-electron chi connectivity index (χ1n) is 11.8. The Hall–Kier alpha value is -3.28. The number of ether oxygens (including phenoxy) is 1. The Morgan fingerprint density at radius 3 is 2.32 bits per heavy atom. The summed E-state index contributed by atoms with van der Waals surface area (Å²) in [6.07, 6.45) is 1.90. The molecule has 1 saturated heterocycles. The lowest BCUT2D eigenvalue weighted by atomic mass is 9.92. The average molecular weight is 456 g/mol. The molecule has 34 heavy (non-hydrogen) atoms. The van der Waals surface area contributed by atoms with E-state index >= 15 is 4.39 Å². The van der Waals surface area contributed by atoms with Crippen LogP contribution in [0.1, 0.15) is 22.3 Å². The highest BCUT2D eigenvalue weighted by atomic mass is 19.1. The van der Waals surface area contributed by atoms with E-state index in [4.69, 9.17) is 9.84 Å². The third-order valence-electron chi connectivity index (χ3n) is 6.82. The van der Waals surface area contributed by atoms with Crippen LogP contribution in [0.2, 0.25) is 0 Å². The van der Waals surface area contributed by atoms with Crippen LogP contribution in [0.3, 0.4) is 0 Å². The summed E-state index contributed by atoms with van der Waals surface area (Å²) in [5, 5.41) is 4.83. The first-order valence-corrected chi connectivity index (χ1v) is 11.8. The minimum atomic E-state index is -0.236. The highest BCUT2D eigenvalue weighted by Crippen LogP contribution is 2.36. The van der Waals surface area contributed by atoms with Crippen LogP contribution in [0.15, 0.2) is 66.9 Å². The maximum Gasteiger partial charge on any atom is 0.132 e. The summed E-state index contributed by atoms with van der Waals surface area (Å²) in [5.74, 6) is -0.236. The predicted octanol–water partition coefficient (Wildman–Crippen LogP) is 6.10. The molecule has 0 saturated carbocycles. The summed E-state index contributed by atoms with van der Waals surface area (Å²) >= 11 is 0. The summed E-state index contributed by atoms with van der Waals surface area (Å²) in [4.78, 5) is 2.35. The van der Waals surface area contributed by atoms with Crippen LogP contribution >= 0.6 is 0 Å². The fourth-order valence-electron chi connectivity index (χ4n) is 4.92. The van der Waals surface area contributed by atoms with Gasteiger partial charge in [-0.1, -0.05) is 42.5 Å². The van der Waals surface area contributed by atoms with Gasteiger partial charge in [-0.05, 0) is 66.8 Å². The number of aryl methyl sites for hydroxylation is 1. The second kappa shape index (κ2) is 9.53. The van der Waals surface area contributed by atoms with Crippen molar-refractivity contribution < 1.29 is 9.13 Å². The molecule has 1 aliphatic rings. The zero-order chi connectivity index (χ0) is 23.7. The van der Waals surface area contributed by atoms with Crippen molar-refractivity contribution >= 4 is 0 Å². The quantitative estimate of drug-likeness (QED) is 0.364. The largest absolute Gasteiger partial charge is 0.379 e. The highest BCUT2D eigenvalue weighted by molar-refractivity contribution is 5.75. The Bertz CT molecular complexity index is 1310. The molecule has 0 amide bonds. The Labute approximate surface area is 200 Å². The monoisotopic (exact) mass is 455 g/mol. The van der Waals surface area contributed by atoms with E-state index < -0.39 is 0 Å². The molecule has 2 heterocycles. The smallest absolute Gasteiger partial charge is 0.132 e. The predicted molar refractivity (Wildman–Crippen MR) is 135 cm³/mol. The lowest BCUT2D eigenvalue weighted by Gasteiger charge is -2.26. The minimum absolute atomic E-state index is 0.236. The maximum absolute atomic E-state index is 15.1. The summed E-state index contributed by atoms with van der Waals surface area (Å²) in [6, 6.07) is 19.7. The SMILES string of the molecule is Cc1cc(-c2ccccc2)c(C)c(C)c1-n1ncc(CN2CCOCC2)c1-c1ccccc1F. The van der Waals surface area contributed by atoms with E-state index in [-0.39, 0.29) is 5.82 Å². The van der Waals surface area contributed by atoms with Crippen molar-refractivity contribution in [1.82, 2.24) is 14.7 Å². The fraction of sp³-hybridized carbons (Fsp3) is 0.276. The van der Waals surface area contributed by atoms with Crippen molar-refractivity contribution in [3.05, 3.63) is 94.9 Å². The molecular formula is C29H30FN3O. The standard InChI is InChI=1S/C29H30FN3O/c1-20-17-26(23-9-5-4-6-10-23)21(2)22(3)28(20)33-29(25-11-7-8-12-27(25)30)24(18-31-33)19-32-13-15-34-16-14-32/h4-12,17-18H,13-16,19H2,1-3H3. The molecule has 0 aliphatic carbocycles. The zero-order valence-electron chi connectivity index (χ0n) is 20.0. The molecule has 0 N–H and O–H groups in total. The number of benzene rings is 3. The van der Waals surface area contributed by atoms with E-state index in [1.54, 1.807) is 6.07 Å². The van der Waals surface area contributed by atoms with Crippen LogP contribution in [-0.2, 0) is 11.3 Å². The Morgan fingerprint density at radius 2 is 1.59 bits per heavy atom. The van der Waals surface area contributed by atoms with Crippen molar-refractivity contribution in [3.63, 3.8) is 0 Å². The zero-order valence-corrected chi connectivity index (χ0v) is 20.0. The highest BCUT2D eigenvalue weighted by Gasteiger charge is 2.23. The van der Waals surface area contributed by atoms with Crippen molar-refractivity contribution in [2.75, 3.05) is 26.3 Å². The second-order valence-corrected chi connectivity index (χ2v) is 9.00. The second-order valence-electron chi connectivity index (χ2n) is 9.00. The summed E-state index contributed by atoms with van der Waals surface area (Å²) < 4.78 is 22.6. The number of nitrogens with zero attached hydrogens (tertiary/aromatic N) is 3. The van der Waals surface area contributed by atoms with Gasteiger partial charge in [0.05, 0.1) is 30.8 Å². The number of halogens is 1. The molecule has 4 nitrogen and oxygen atoms in total. The van der Waals surface area contributed by atoms with Gasteiger partial charge in [-0.3, -0.25) is 4.90 Å². The summed E-state index contributed by atoms with van der Waals surface area (Å²) in [6.45, 7) is 10.3. The van der Waals surface area contributed by atoms with E-state index in [9.17, 15) is 0 Å². The molecule has 0 unspecified atom stereocenters. The van der Waals surface area contributed by atoms with Crippen LogP contribution in [0.25, 0.3) is 28.1 Å². The van der Waals surface area contributed by atoms with Crippen molar-refractivity contribution in [2.24, 2.45) is 0 Å². The van der Waals surface area contributed by atoms with E-state index in [2.05, 4.69) is 56.0 Å². The van der Waals surface area contributed by atoms with Crippen LogP contribution in [0, 0.1) is 26.6 Å². The molecule has 4 aromatic rings. The molecule has 1 aliphatic heterocycles. The molecule has 0 spiro atoms. The summed E-state index contributed by atoms with van der Waals surface area (Å²) in [5.41, 5.74) is 9.32. The van der Waals surface area contributed by atoms with Gasteiger partial charge in [-0.15, -0.1) is 0 Å². The molecule has 0 atom stereocenters. The molecule has 174 valence electrons. The van der Waals surface area contributed by atoms with Gasteiger partial charge >= 0.3 is 0 Å². The summed E-state index contributed by atoms with van der Waals surface area (Å²) in [7, 11) is 0. The van der Waals surface area contributed by atoms with E-state index in [1.165, 1.54) is 22.8 Å². The molecular weight excluding hydrogens is 425 g/mol. The van der Waals surface area contributed by atoms with Gasteiger partial charge in [0.15, 0.2) is 0 Å². The average Bonchev–Trinajstić information content (AvgIpc) is 3.25. The van der Waals surface area contributed by atoms with Crippen LogP contribution in [0.4, 0.5) is 4.39 Å². The first kappa shape index (κ1) is 22.5. The van der Waals surface area contributed by atoms with Gasteiger partial charge in [0, 0.05) is 30.8 Å². The van der Waals surface area contributed by atoms with Gasteiger partial charge in [0.2, 0.25) is 0 Å². The van der Waals surface area contributed by atoms with Crippen LogP contribution in [-0.4, -0.2) is 41.0 Å². The third kappa shape index (κ3) is 4.17. The molecule has 5 rings (SSSR count). The van der Waals surface area contributed by atoms with Gasteiger partial charge in [-0.25, -0.2) is 9.07 Å². The van der Waals surface area contributed by atoms with Crippen LogP contribution < -0.4 is 0 Å². The van der Waals surface area contributed by atoms with E-state index in [0.29, 0.717) is 12.1 Å². The van der Waals surface area contributed by atoms with E-state index in [0.717, 1.165) is 54.4 Å². The number of hydrogen-bond donors (Lipinski definition) is 0. The van der Waals surface area contributed by atoms with Crippen molar-refractivity contribution in [3.8, 4) is 28.1 Å². The lowest BCUT2D eigenvalue weighted by molar-refractivity contribution is 0.0342. The molecule has 1 fully saturated rings. The normalized spacial score (nSPS) is 14.5. The lowest BCUT2D eigenvalue weighted by Crippen LogP contribution is -2.35. The number of rotatable bonds is 5. The first-order chi connectivity index (χ1) is 16.5. The van der Waals surface area contributed by atoms with E-state index in [1.807, 2.05) is 29.1 Å². The van der Waals surface area contributed by atoms with Gasteiger partial charge in [-0.2, -0.15) is 5.10 Å². The molecule has 3 aromatic carbocycles. The van der Waals surface area contributed by atoms with Gasteiger partial charge in [0.25, 0.3) is 0 Å². The number of hydrogen-bond acceptors (Lipinski definition) is 3. The Balaban J connectivity index is 1.67. The molecule has 5 heteroatoms. The third-order valence-corrected chi connectivity index (χ3v) is 6.82. The Morgan fingerprint density at radius 1 is 0.882 bits per heavy atom. The topological polar surface area (TPSA) is 30.3 Å². The van der Waals surface area contributed by atoms with Gasteiger partial charge < -0.3 is 4.74 Å². The van der Waals surface area contributed by atoms with Crippen molar-refractivity contribution in [1.29, 1.82) is 0 Å². The van der Waals surface area contributed by atoms with Gasteiger partial charge in [0.1, 0.15) is 5.82 Å². The Kier molecular flexibility index (Phi) is 6.31. The maximum atomic E-state index is 15.1. The van der Waals surface area contributed by atoms with Crippen molar-refractivity contribution in [2.45, 2.75) is 27.3 Å². The fourth-order valence-corrected chi connectivity index (χ4v) is 4.92. The van der Waals surface area contributed by atoms with Crippen LogP contribution in [0.5, 0.6) is 0 Å². The molecule has 0 radical (unpaired) electrons. The molecule has 0 bridgehead atoms. The molecule has 1 aromatic heterocycles. The minimum Gasteiger partial charge on any atom is -0.379 e. The number of aromatic nitrogens is 2. The number of morpholine rings is 1.